The zero-order chi connectivity index (χ0) is 24.7. The topological polar surface area (TPSA) is 42.2 Å². The van der Waals surface area contributed by atoms with Gasteiger partial charge in [0.1, 0.15) is 5.75 Å². The van der Waals surface area contributed by atoms with Crippen LogP contribution in [-0.2, 0) is 6.54 Å². The molecule has 1 amide bonds. The van der Waals surface area contributed by atoms with Gasteiger partial charge in [0.05, 0.1) is 17.0 Å². The van der Waals surface area contributed by atoms with Crippen molar-refractivity contribution in [1.82, 2.24) is 0 Å². The van der Waals surface area contributed by atoms with E-state index < -0.39 is 0 Å². The second kappa shape index (κ2) is 15.4. The standard InChI is InChI=1S/C30H40N2O2S/c1-3-4-5-6-7-8-9-10-11-14-20-34-29-19-13-12-18-28(29)30(33)31-27-17-15-16-26(21-27)23-32-22-25(2)35-24-32/h12-13,15-19,21-22,24H,3-11,14,20,23H2,1-2H3/p+1. The molecule has 5 heteroatoms. The Hall–Kier alpha value is -2.66. The molecule has 188 valence electrons. The predicted octanol–water partition coefficient (Wildman–Crippen LogP) is 7.94. The fourth-order valence-corrected chi connectivity index (χ4v) is 4.87. The molecule has 0 radical (unpaired) electrons. The van der Waals surface area contributed by atoms with E-state index in [0.717, 1.165) is 24.2 Å². The zero-order valence-electron chi connectivity index (χ0n) is 21.4. The molecule has 0 aliphatic heterocycles. The summed E-state index contributed by atoms with van der Waals surface area (Å²) in [5.41, 5.74) is 4.64. The molecule has 35 heavy (non-hydrogen) atoms. The van der Waals surface area contributed by atoms with E-state index in [1.165, 1.54) is 62.7 Å². The van der Waals surface area contributed by atoms with Gasteiger partial charge in [0, 0.05) is 11.3 Å². The van der Waals surface area contributed by atoms with Gasteiger partial charge in [0.25, 0.3) is 5.91 Å². The van der Waals surface area contributed by atoms with Gasteiger partial charge >= 0.3 is 0 Å². The largest absolute Gasteiger partial charge is 0.493 e. The Labute approximate surface area is 215 Å². The maximum Gasteiger partial charge on any atom is 0.259 e. The van der Waals surface area contributed by atoms with Crippen LogP contribution in [0, 0.1) is 6.92 Å². The first kappa shape index (κ1) is 26.9. The highest BCUT2D eigenvalue weighted by Crippen LogP contribution is 2.21. The van der Waals surface area contributed by atoms with Gasteiger partial charge in [-0.3, -0.25) is 4.79 Å². The van der Waals surface area contributed by atoms with Crippen LogP contribution in [-0.4, -0.2) is 12.5 Å². The maximum atomic E-state index is 13.0. The van der Waals surface area contributed by atoms with E-state index in [1.54, 1.807) is 11.3 Å². The molecule has 0 aliphatic carbocycles. The summed E-state index contributed by atoms with van der Waals surface area (Å²) in [7, 11) is 0. The third-order valence-corrected chi connectivity index (χ3v) is 7.01. The van der Waals surface area contributed by atoms with Crippen LogP contribution in [0.15, 0.2) is 60.2 Å². The number of anilines is 1. The first-order valence-electron chi connectivity index (χ1n) is 13.2. The summed E-state index contributed by atoms with van der Waals surface area (Å²) in [6, 6.07) is 15.6. The average molecular weight is 494 g/mol. The lowest BCUT2D eigenvalue weighted by Crippen LogP contribution is -2.30. The summed E-state index contributed by atoms with van der Waals surface area (Å²) in [6.07, 6.45) is 15.1. The number of hydrogen-bond donors (Lipinski definition) is 1. The summed E-state index contributed by atoms with van der Waals surface area (Å²) >= 11 is 1.73. The molecule has 3 aromatic rings. The van der Waals surface area contributed by atoms with Crippen molar-refractivity contribution in [2.24, 2.45) is 0 Å². The number of amides is 1. The molecule has 0 fully saturated rings. The normalized spacial score (nSPS) is 10.9. The van der Waals surface area contributed by atoms with E-state index in [4.69, 9.17) is 4.74 Å². The molecular formula is C30H41N2O2S+. The van der Waals surface area contributed by atoms with Crippen LogP contribution in [0.4, 0.5) is 5.69 Å². The molecule has 0 saturated carbocycles. The minimum atomic E-state index is -0.139. The number of benzene rings is 2. The monoisotopic (exact) mass is 493 g/mol. The van der Waals surface area contributed by atoms with Gasteiger partial charge in [-0.15, -0.1) is 0 Å². The number of aryl methyl sites for hydroxylation is 1. The SMILES string of the molecule is CCCCCCCCCCCCOc1ccccc1C(=O)Nc1cccc(C[n+]2csc(C)c2)c1. The van der Waals surface area contributed by atoms with Crippen LogP contribution in [0.3, 0.4) is 0 Å². The predicted molar refractivity (Wildman–Crippen MR) is 147 cm³/mol. The molecule has 4 nitrogen and oxygen atoms in total. The van der Waals surface area contributed by atoms with Crippen LogP contribution in [0.1, 0.15) is 91.9 Å². The number of carbonyl (C=O) groups excluding carboxylic acids is 1. The number of nitrogens with zero attached hydrogens (tertiary/aromatic N) is 1. The highest BCUT2D eigenvalue weighted by molar-refractivity contribution is 7.09. The molecule has 1 heterocycles. The van der Waals surface area contributed by atoms with Crippen molar-refractivity contribution in [3.05, 3.63) is 76.2 Å². The van der Waals surface area contributed by atoms with E-state index in [-0.39, 0.29) is 5.91 Å². The molecule has 0 unspecified atom stereocenters. The van der Waals surface area contributed by atoms with Gasteiger partial charge in [-0.1, -0.05) is 100 Å². The zero-order valence-corrected chi connectivity index (χ0v) is 22.2. The Kier molecular flexibility index (Phi) is 11.8. The van der Waals surface area contributed by atoms with Crippen molar-refractivity contribution in [1.29, 1.82) is 0 Å². The van der Waals surface area contributed by atoms with Crippen LogP contribution in [0.5, 0.6) is 5.75 Å². The third kappa shape index (κ3) is 9.85. The summed E-state index contributed by atoms with van der Waals surface area (Å²) in [6.45, 7) is 5.80. The number of carbonyl (C=O) groups is 1. The number of nitrogens with one attached hydrogen (secondary N) is 1. The molecule has 2 aromatic carbocycles. The van der Waals surface area contributed by atoms with Gasteiger partial charge in [-0.2, -0.15) is 4.57 Å². The van der Waals surface area contributed by atoms with Crippen molar-refractivity contribution in [3.63, 3.8) is 0 Å². The number of para-hydroxylation sites is 1. The van der Waals surface area contributed by atoms with Crippen molar-refractivity contribution in [2.45, 2.75) is 84.6 Å². The average Bonchev–Trinajstić information content (AvgIpc) is 3.27. The molecule has 1 N–H and O–H groups in total. The van der Waals surface area contributed by atoms with Gasteiger partial charge in [0.15, 0.2) is 12.7 Å². The molecule has 1 aromatic heterocycles. The Morgan fingerprint density at radius 3 is 2.34 bits per heavy atom. The fourth-order valence-electron chi connectivity index (χ4n) is 4.24. The smallest absolute Gasteiger partial charge is 0.259 e. The van der Waals surface area contributed by atoms with Crippen LogP contribution < -0.4 is 14.6 Å². The molecular weight excluding hydrogens is 452 g/mol. The van der Waals surface area contributed by atoms with Crippen molar-refractivity contribution in [2.75, 3.05) is 11.9 Å². The highest BCUT2D eigenvalue weighted by atomic mass is 32.1. The summed E-state index contributed by atoms with van der Waals surface area (Å²) < 4.78 is 8.17. The van der Waals surface area contributed by atoms with Crippen LogP contribution >= 0.6 is 11.3 Å². The van der Waals surface area contributed by atoms with Crippen molar-refractivity contribution in [3.8, 4) is 5.75 Å². The van der Waals surface area contributed by atoms with Crippen molar-refractivity contribution < 1.29 is 14.1 Å². The second-order valence-corrected chi connectivity index (χ2v) is 10.4. The maximum absolute atomic E-state index is 13.0. The lowest BCUT2D eigenvalue weighted by Gasteiger charge is -2.12. The number of ether oxygens (including phenoxy) is 1. The molecule has 0 atom stereocenters. The summed E-state index contributed by atoms with van der Waals surface area (Å²) in [4.78, 5) is 14.3. The van der Waals surface area contributed by atoms with Crippen molar-refractivity contribution >= 4 is 22.9 Å². The Morgan fingerprint density at radius 2 is 1.63 bits per heavy atom. The minimum Gasteiger partial charge on any atom is -0.493 e. The van der Waals surface area contributed by atoms with Crippen LogP contribution in [0.2, 0.25) is 0 Å². The fraction of sp³-hybridized carbons (Fsp3) is 0.467. The Morgan fingerprint density at radius 1 is 0.914 bits per heavy atom. The Bertz CT molecular complexity index is 1030. The molecule has 3 rings (SSSR count). The Balaban J connectivity index is 1.42. The number of thiazole rings is 1. The van der Waals surface area contributed by atoms with E-state index in [9.17, 15) is 4.79 Å². The molecule has 0 saturated heterocycles. The quantitative estimate of drug-likeness (QED) is 0.162. The van der Waals surface area contributed by atoms with Gasteiger partial charge in [-0.05, 0) is 37.6 Å². The summed E-state index contributed by atoms with van der Waals surface area (Å²) in [5.74, 6) is 0.515. The molecule has 0 bridgehead atoms. The first-order valence-corrected chi connectivity index (χ1v) is 14.1. The molecule has 0 aliphatic rings. The number of aromatic nitrogens is 1. The number of rotatable bonds is 16. The van der Waals surface area contributed by atoms with E-state index in [1.807, 2.05) is 42.5 Å². The minimum absolute atomic E-state index is 0.139. The van der Waals surface area contributed by atoms with Gasteiger partial charge < -0.3 is 10.1 Å². The lowest BCUT2D eigenvalue weighted by molar-refractivity contribution is -0.683. The number of unbranched alkanes of at least 4 members (excludes halogenated alkanes) is 9. The first-order chi connectivity index (χ1) is 17.2. The van der Waals surface area contributed by atoms with Gasteiger partial charge in [-0.25, -0.2) is 0 Å². The van der Waals surface area contributed by atoms with Gasteiger partial charge in [0.2, 0.25) is 5.51 Å². The second-order valence-electron chi connectivity index (χ2n) is 9.32. The van der Waals surface area contributed by atoms with E-state index >= 15 is 0 Å². The number of hydrogen-bond acceptors (Lipinski definition) is 3. The molecule has 0 spiro atoms. The van der Waals surface area contributed by atoms with Crippen LogP contribution in [0.25, 0.3) is 0 Å². The van der Waals surface area contributed by atoms with E-state index in [0.29, 0.717) is 17.9 Å². The summed E-state index contributed by atoms with van der Waals surface area (Å²) in [5, 5.41) is 3.05. The van der Waals surface area contributed by atoms with E-state index in [2.05, 4.69) is 41.5 Å². The lowest BCUT2D eigenvalue weighted by atomic mass is 10.1. The highest BCUT2D eigenvalue weighted by Gasteiger charge is 2.13. The third-order valence-electron chi connectivity index (χ3n) is 6.16.